The number of rotatable bonds is 7. The van der Waals surface area contributed by atoms with E-state index in [9.17, 15) is 4.79 Å². The van der Waals surface area contributed by atoms with Crippen LogP contribution in [0.1, 0.15) is 45.1 Å². The van der Waals surface area contributed by atoms with Gasteiger partial charge in [0.25, 0.3) is 0 Å². The molecule has 1 heterocycles. The molecule has 1 aliphatic heterocycles. The Balaban J connectivity index is 1.71. The lowest BCUT2D eigenvalue weighted by Crippen LogP contribution is -2.35. The van der Waals surface area contributed by atoms with Crippen LogP contribution >= 0.6 is 0 Å². The molecule has 1 unspecified atom stereocenters. The van der Waals surface area contributed by atoms with Gasteiger partial charge in [0, 0.05) is 11.7 Å². The van der Waals surface area contributed by atoms with Gasteiger partial charge < -0.3 is 15.5 Å². The average Bonchev–Trinajstić information content (AvgIpc) is 3.02. The highest BCUT2D eigenvalue weighted by Crippen LogP contribution is 2.13. The highest BCUT2D eigenvalue weighted by molar-refractivity contribution is 5.89. The van der Waals surface area contributed by atoms with Crippen molar-refractivity contribution in [2.24, 2.45) is 0 Å². The summed E-state index contributed by atoms with van der Waals surface area (Å²) >= 11 is 0. The van der Waals surface area contributed by atoms with Gasteiger partial charge in [0.05, 0.1) is 0 Å². The van der Waals surface area contributed by atoms with Gasteiger partial charge in [-0.25, -0.2) is 4.79 Å². The molecule has 1 atom stereocenters. The van der Waals surface area contributed by atoms with Crippen molar-refractivity contribution in [2.75, 3.05) is 25.0 Å². The molecular weight excluding hydrogens is 274 g/mol. The smallest absolute Gasteiger partial charge is 0.319 e. The Hall–Kier alpha value is -1.55. The van der Waals surface area contributed by atoms with Gasteiger partial charge in [-0.15, -0.1) is 0 Å². The number of amides is 2. The molecule has 4 heteroatoms. The maximum absolute atomic E-state index is 11.8. The predicted octanol–water partition coefficient (Wildman–Crippen LogP) is 3.64. The lowest BCUT2D eigenvalue weighted by Gasteiger charge is -2.14. The van der Waals surface area contributed by atoms with Crippen molar-refractivity contribution in [3.05, 3.63) is 29.8 Å². The Morgan fingerprint density at radius 3 is 2.55 bits per heavy atom. The van der Waals surface area contributed by atoms with E-state index in [4.69, 9.17) is 0 Å². The summed E-state index contributed by atoms with van der Waals surface area (Å²) in [5, 5.41) is 5.78. The first-order valence-electron chi connectivity index (χ1n) is 8.56. The molecule has 0 saturated carbocycles. The molecular formula is C18H29N3O. The van der Waals surface area contributed by atoms with Crippen LogP contribution in [-0.4, -0.2) is 36.6 Å². The van der Waals surface area contributed by atoms with E-state index >= 15 is 0 Å². The van der Waals surface area contributed by atoms with Crippen LogP contribution < -0.4 is 10.6 Å². The minimum Gasteiger partial charge on any atom is -0.335 e. The van der Waals surface area contributed by atoms with Crippen LogP contribution in [0.2, 0.25) is 0 Å². The normalized spacial score (nSPS) is 16.5. The molecule has 2 N–H and O–H groups in total. The predicted molar refractivity (Wildman–Crippen MR) is 92.3 cm³/mol. The van der Waals surface area contributed by atoms with Gasteiger partial charge in [0.15, 0.2) is 0 Å². The SMILES string of the molecule is CCC(C)NC(=O)Nc1ccc(CCCN2CCCC2)cc1. The highest BCUT2D eigenvalue weighted by atomic mass is 16.2. The molecule has 1 fully saturated rings. The Bertz CT molecular complexity index is 452. The van der Waals surface area contributed by atoms with Crippen LogP contribution in [0.25, 0.3) is 0 Å². The topological polar surface area (TPSA) is 44.4 Å². The molecule has 1 saturated heterocycles. The van der Waals surface area contributed by atoms with E-state index < -0.39 is 0 Å². The second-order valence-electron chi connectivity index (χ2n) is 6.26. The fraction of sp³-hybridized carbons (Fsp3) is 0.611. The third-order valence-electron chi connectivity index (χ3n) is 4.34. The molecule has 122 valence electrons. The number of hydrogen-bond acceptors (Lipinski definition) is 2. The summed E-state index contributed by atoms with van der Waals surface area (Å²) in [6.07, 6.45) is 5.97. The summed E-state index contributed by atoms with van der Waals surface area (Å²) in [7, 11) is 0. The Kier molecular flexibility index (Phi) is 6.72. The van der Waals surface area contributed by atoms with E-state index in [1.807, 2.05) is 19.1 Å². The van der Waals surface area contributed by atoms with Gasteiger partial charge in [-0.05, 0) is 76.4 Å². The number of aryl methyl sites for hydroxylation is 1. The van der Waals surface area contributed by atoms with Crippen molar-refractivity contribution in [3.8, 4) is 0 Å². The maximum atomic E-state index is 11.8. The number of nitrogens with zero attached hydrogens (tertiary/aromatic N) is 1. The van der Waals surface area contributed by atoms with Gasteiger partial charge >= 0.3 is 6.03 Å². The van der Waals surface area contributed by atoms with Crippen molar-refractivity contribution < 1.29 is 4.79 Å². The number of nitrogens with one attached hydrogen (secondary N) is 2. The molecule has 2 rings (SSSR count). The molecule has 4 nitrogen and oxygen atoms in total. The molecule has 0 aromatic heterocycles. The summed E-state index contributed by atoms with van der Waals surface area (Å²) < 4.78 is 0. The number of hydrogen-bond donors (Lipinski definition) is 2. The fourth-order valence-corrected chi connectivity index (χ4v) is 2.76. The second kappa shape index (κ2) is 8.79. The highest BCUT2D eigenvalue weighted by Gasteiger charge is 2.10. The third kappa shape index (κ3) is 5.68. The maximum Gasteiger partial charge on any atom is 0.319 e. The summed E-state index contributed by atoms with van der Waals surface area (Å²) in [4.78, 5) is 14.3. The first-order chi connectivity index (χ1) is 10.7. The number of carbonyl (C=O) groups is 1. The van der Waals surface area contributed by atoms with Crippen LogP contribution in [-0.2, 0) is 6.42 Å². The Morgan fingerprint density at radius 1 is 1.23 bits per heavy atom. The zero-order valence-electron chi connectivity index (χ0n) is 13.9. The summed E-state index contributed by atoms with van der Waals surface area (Å²) in [6, 6.07) is 8.27. The van der Waals surface area contributed by atoms with E-state index in [-0.39, 0.29) is 12.1 Å². The molecule has 0 bridgehead atoms. The van der Waals surface area contributed by atoms with Crippen LogP contribution in [0.15, 0.2) is 24.3 Å². The molecule has 1 aliphatic rings. The van der Waals surface area contributed by atoms with Gasteiger partial charge in [-0.1, -0.05) is 19.1 Å². The number of benzene rings is 1. The molecule has 22 heavy (non-hydrogen) atoms. The first kappa shape index (κ1) is 16.8. The summed E-state index contributed by atoms with van der Waals surface area (Å²) in [5.74, 6) is 0. The lowest BCUT2D eigenvalue weighted by molar-refractivity contribution is 0.249. The minimum absolute atomic E-state index is 0.129. The fourth-order valence-electron chi connectivity index (χ4n) is 2.76. The monoisotopic (exact) mass is 303 g/mol. The lowest BCUT2D eigenvalue weighted by atomic mass is 10.1. The van der Waals surface area contributed by atoms with Crippen molar-refractivity contribution in [2.45, 2.75) is 52.0 Å². The molecule has 0 aliphatic carbocycles. The number of anilines is 1. The summed E-state index contributed by atoms with van der Waals surface area (Å²) in [5.41, 5.74) is 2.19. The van der Waals surface area contributed by atoms with Gasteiger partial charge in [0.2, 0.25) is 0 Å². The molecule has 0 spiro atoms. The van der Waals surface area contributed by atoms with Gasteiger partial charge in [-0.3, -0.25) is 0 Å². The number of urea groups is 1. The largest absolute Gasteiger partial charge is 0.335 e. The summed E-state index contributed by atoms with van der Waals surface area (Å²) in [6.45, 7) is 7.81. The van der Waals surface area contributed by atoms with Crippen LogP contribution in [0, 0.1) is 0 Å². The van der Waals surface area contributed by atoms with E-state index in [1.165, 1.54) is 44.5 Å². The van der Waals surface area contributed by atoms with E-state index in [2.05, 4.69) is 34.6 Å². The quantitative estimate of drug-likeness (QED) is 0.808. The van der Waals surface area contributed by atoms with Crippen LogP contribution in [0.5, 0.6) is 0 Å². The molecule has 0 radical (unpaired) electrons. The van der Waals surface area contributed by atoms with Crippen molar-refractivity contribution in [1.82, 2.24) is 10.2 Å². The molecule has 1 aromatic rings. The Morgan fingerprint density at radius 2 is 1.91 bits per heavy atom. The van der Waals surface area contributed by atoms with Crippen LogP contribution in [0.3, 0.4) is 0 Å². The average molecular weight is 303 g/mol. The minimum atomic E-state index is -0.129. The second-order valence-corrected chi connectivity index (χ2v) is 6.26. The molecule has 2 amide bonds. The van der Waals surface area contributed by atoms with Crippen LogP contribution in [0.4, 0.5) is 10.5 Å². The van der Waals surface area contributed by atoms with Gasteiger partial charge in [0.1, 0.15) is 0 Å². The third-order valence-corrected chi connectivity index (χ3v) is 4.34. The zero-order valence-corrected chi connectivity index (χ0v) is 13.9. The first-order valence-corrected chi connectivity index (χ1v) is 8.56. The van der Waals surface area contributed by atoms with E-state index in [0.717, 1.165) is 18.5 Å². The van der Waals surface area contributed by atoms with Gasteiger partial charge in [-0.2, -0.15) is 0 Å². The van der Waals surface area contributed by atoms with Crippen molar-refractivity contribution in [3.63, 3.8) is 0 Å². The van der Waals surface area contributed by atoms with Crippen molar-refractivity contribution in [1.29, 1.82) is 0 Å². The van der Waals surface area contributed by atoms with E-state index in [1.54, 1.807) is 0 Å². The number of carbonyl (C=O) groups excluding carboxylic acids is 1. The van der Waals surface area contributed by atoms with Crippen molar-refractivity contribution >= 4 is 11.7 Å². The Labute approximate surface area is 134 Å². The molecule has 1 aromatic carbocycles. The van der Waals surface area contributed by atoms with E-state index in [0.29, 0.717) is 0 Å². The standard InChI is InChI=1S/C18H29N3O/c1-3-15(2)19-18(22)20-17-10-8-16(9-11-17)7-6-14-21-12-4-5-13-21/h8-11,15H,3-7,12-14H2,1-2H3,(H2,19,20,22). The zero-order chi connectivity index (χ0) is 15.8. The number of likely N-dealkylation sites (tertiary alicyclic amines) is 1.